The summed E-state index contributed by atoms with van der Waals surface area (Å²) in [5.74, 6) is 0.827. The van der Waals surface area contributed by atoms with Gasteiger partial charge in [0.05, 0.1) is 6.61 Å². The molecule has 2 rings (SSSR count). The van der Waals surface area contributed by atoms with Crippen LogP contribution < -0.4 is 9.36 Å². The van der Waals surface area contributed by atoms with Crippen molar-refractivity contribution in [1.29, 1.82) is 0 Å². The van der Waals surface area contributed by atoms with Crippen LogP contribution in [0.5, 0.6) is 5.75 Å². The van der Waals surface area contributed by atoms with Crippen LogP contribution in [0.4, 0.5) is 0 Å². The molecule has 2 N–H and O–H groups in total. The average Bonchev–Trinajstić information content (AvgIpc) is 2.80. The second-order valence-electron chi connectivity index (χ2n) is 4.04. The Morgan fingerprint density at radius 1 is 1.16 bits per heavy atom. The van der Waals surface area contributed by atoms with E-state index in [9.17, 15) is 4.57 Å². The summed E-state index contributed by atoms with van der Waals surface area (Å²) in [5, 5.41) is 0. The van der Waals surface area contributed by atoms with Gasteiger partial charge >= 0.3 is 7.60 Å². The van der Waals surface area contributed by atoms with Gasteiger partial charge in [-0.25, -0.2) is 0 Å². The second-order valence-corrected chi connectivity index (χ2v) is 7.08. The van der Waals surface area contributed by atoms with Crippen LogP contribution in [0.15, 0.2) is 36.4 Å². The molecular formula is C13H15O4PS. The third-order valence-corrected chi connectivity index (χ3v) is 5.15. The summed E-state index contributed by atoms with van der Waals surface area (Å²) in [7, 11) is -4.12. The molecule has 0 amide bonds. The van der Waals surface area contributed by atoms with Gasteiger partial charge in [0, 0.05) is 11.3 Å². The largest absolute Gasteiger partial charge is 0.494 e. The third kappa shape index (κ3) is 3.91. The van der Waals surface area contributed by atoms with Gasteiger partial charge in [-0.05, 0) is 36.8 Å². The van der Waals surface area contributed by atoms with Gasteiger partial charge in [-0.3, -0.25) is 4.57 Å². The first-order valence-electron chi connectivity index (χ1n) is 5.85. The molecule has 1 aromatic heterocycles. The second kappa shape index (κ2) is 5.88. The molecule has 4 nitrogen and oxygen atoms in total. The van der Waals surface area contributed by atoms with Crippen LogP contribution in [0.25, 0.3) is 0 Å². The third-order valence-electron chi connectivity index (χ3n) is 2.55. The molecule has 1 aromatic carbocycles. The number of hydrogen-bond donors (Lipinski definition) is 2. The zero-order valence-corrected chi connectivity index (χ0v) is 12.2. The van der Waals surface area contributed by atoms with E-state index in [1.807, 2.05) is 31.2 Å². The molecule has 0 radical (unpaired) electrons. The van der Waals surface area contributed by atoms with Gasteiger partial charge in [0.25, 0.3) is 0 Å². The summed E-state index contributed by atoms with van der Waals surface area (Å²) in [6.07, 6.45) is 0.664. The summed E-state index contributed by atoms with van der Waals surface area (Å²) >= 11 is 1.15. The molecule has 0 fully saturated rings. The van der Waals surface area contributed by atoms with Crippen molar-refractivity contribution >= 4 is 23.6 Å². The highest BCUT2D eigenvalue weighted by atomic mass is 32.1. The van der Waals surface area contributed by atoms with E-state index in [0.29, 0.717) is 13.0 Å². The Balaban J connectivity index is 2.08. The molecule has 19 heavy (non-hydrogen) atoms. The molecule has 0 spiro atoms. The van der Waals surface area contributed by atoms with E-state index in [4.69, 9.17) is 14.5 Å². The Hall–Kier alpha value is -1.13. The zero-order valence-electron chi connectivity index (χ0n) is 10.4. The molecule has 0 aliphatic heterocycles. The van der Waals surface area contributed by atoms with Crippen molar-refractivity contribution in [3.8, 4) is 5.75 Å². The highest BCUT2D eigenvalue weighted by Gasteiger charge is 2.19. The van der Waals surface area contributed by atoms with E-state index in [1.165, 1.54) is 6.07 Å². The number of benzene rings is 1. The molecule has 0 saturated heterocycles. The topological polar surface area (TPSA) is 66.8 Å². The fourth-order valence-corrected chi connectivity index (χ4v) is 3.57. The van der Waals surface area contributed by atoms with Crippen molar-refractivity contribution in [3.05, 3.63) is 46.8 Å². The van der Waals surface area contributed by atoms with Crippen molar-refractivity contribution in [3.63, 3.8) is 0 Å². The van der Waals surface area contributed by atoms with E-state index in [1.54, 1.807) is 6.07 Å². The maximum Gasteiger partial charge on any atom is 0.366 e. The van der Waals surface area contributed by atoms with Crippen molar-refractivity contribution in [1.82, 2.24) is 0 Å². The smallest absolute Gasteiger partial charge is 0.366 e. The molecule has 0 atom stereocenters. The summed E-state index contributed by atoms with van der Waals surface area (Å²) < 4.78 is 16.6. The predicted molar refractivity (Wildman–Crippen MR) is 76.4 cm³/mol. The van der Waals surface area contributed by atoms with Crippen LogP contribution in [0.2, 0.25) is 0 Å². The van der Waals surface area contributed by atoms with Gasteiger partial charge in [-0.2, -0.15) is 0 Å². The normalized spacial score (nSPS) is 11.5. The van der Waals surface area contributed by atoms with E-state index in [2.05, 4.69) is 0 Å². The quantitative estimate of drug-likeness (QED) is 0.833. The van der Waals surface area contributed by atoms with Crippen LogP contribution in [0.1, 0.15) is 17.4 Å². The van der Waals surface area contributed by atoms with Crippen LogP contribution in [0.3, 0.4) is 0 Å². The average molecular weight is 298 g/mol. The standard InChI is InChI=1S/C13H15O4PS/c1-2-17-11-5-3-10(4-6-11)9-12-7-8-13(19-12)18(14,15)16/h3-8H,2,9H2,1H3,(H2,14,15,16). The first-order chi connectivity index (χ1) is 8.99. The summed E-state index contributed by atoms with van der Waals surface area (Å²) in [5.41, 5.74) is 1.09. The minimum atomic E-state index is -4.12. The lowest BCUT2D eigenvalue weighted by atomic mass is 10.1. The zero-order chi connectivity index (χ0) is 13.9. The number of thiophene rings is 1. The fourth-order valence-electron chi connectivity index (χ4n) is 1.69. The van der Waals surface area contributed by atoms with Crippen molar-refractivity contribution in [2.45, 2.75) is 13.3 Å². The van der Waals surface area contributed by atoms with Crippen molar-refractivity contribution in [2.24, 2.45) is 0 Å². The maximum atomic E-state index is 11.1. The minimum Gasteiger partial charge on any atom is -0.494 e. The van der Waals surface area contributed by atoms with Crippen molar-refractivity contribution in [2.75, 3.05) is 6.61 Å². The van der Waals surface area contributed by atoms with E-state index in [0.717, 1.165) is 27.5 Å². The fraction of sp³-hybridized carbons (Fsp3) is 0.231. The lowest BCUT2D eigenvalue weighted by Crippen LogP contribution is -1.95. The monoisotopic (exact) mass is 298 g/mol. The number of rotatable bonds is 5. The molecule has 2 aromatic rings. The Labute approximate surface area is 115 Å². The Bertz CT molecular complexity index is 585. The Kier molecular flexibility index (Phi) is 4.42. The number of hydrogen-bond acceptors (Lipinski definition) is 3. The van der Waals surface area contributed by atoms with Gasteiger partial charge in [-0.1, -0.05) is 12.1 Å². The van der Waals surface area contributed by atoms with Crippen LogP contribution in [-0.2, 0) is 11.0 Å². The molecule has 0 bridgehead atoms. The molecule has 1 heterocycles. The van der Waals surface area contributed by atoms with Gasteiger partial charge in [-0.15, -0.1) is 11.3 Å². The SMILES string of the molecule is CCOc1ccc(Cc2ccc(P(=O)(O)O)s2)cc1. The molecular weight excluding hydrogens is 283 g/mol. The minimum absolute atomic E-state index is 0.119. The van der Waals surface area contributed by atoms with Gasteiger partial charge in [0.1, 0.15) is 10.4 Å². The Morgan fingerprint density at radius 2 is 1.84 bits per heavy atom. The molecule has 102 valence electrons. The number of ether oxygens (including phenoxy) is 1. The van der Waals surface area contributed by atoms with Gasteiger partial charge < -0.3 is 14.5 Å². The molecule has 0 aliphatic rings. The predicted octanol–water partition coefficient (Wildman–Crippen LogP) is 2.54. The lowest BCUT2D eigenvalue weighted by molar-refractivity contribution is 0.340. The van der Waals surface area contributed by atoms with Crippen LogP contribution in [0, 0.1) is 0 Å². The lowest BCUT2D eigenvalue weighted by Gasteiger charge is -2.04. The van der Waals surface area contributed by atoms with Gasteiger partial charge in [0.15, 0.2) is 0 Å². The summed E-state index contributed by atoms with van der Waals surface area (Å²) in [6.45, 7) is 2.57. The van der Waals surface area contributed by atoms with Crippen LogP contribution in [-0.4, -0.2) is 16.4 Å². The first kappa shape index (κ1) is 14.3. The molecule has 6 heteroatoms. The maximum absolute atomic E-state index is 11.1. The molecule has 0 aliphatic carbocycles. The van der Waals surface area contributed by atoms with E-state index < -0.39 is 7.60 Å². The highest BCUT2D eigenvalue weighted by Crippen LogP contribution is 2.36. The highest BCUT2D eigenvalue weighted by molar-refractivity contribution is 7.67. The van der Waals surface area contributed by atoms with E-state index in [-0.39, 0.29) is 4.62 Å². The Morgan fingerprint density at radius 3 is 2.37 bits per heavy atom. The van der Waals surface area contributed by atoms with Crippen LogP contribution >= 0.6 is 18.9 Å². The first-order valence-corrected chi connectivity index (χ1v) is 8.28. The van der Waals surface area contributed by atoms with Crippen molar-refractivity contribution < 1.29 is 19.1 Å². The molecule has 0 unspecified atom stereocenters. The van der Waals surface area contributed by atoms with E-state index >= 15 is 0 Å². The van der Waals surface area contributed by atoms with Gasteiger partial charge in [0.2, 0.25) is 0 Å². The molecule has 0 saturated carbocycles. The summed E-state index contributed by atoms with van der Waals surface area (Å²) in [4.78, 5) is 19.1. The summed E-state index contributed by atoms with van der Waals surface area (Å²) in [6, 6.07) is 11.0.